The molecule has 1 aromatic heterocycles. The number of esters is 2. The summed E-state index contributed by atoms with van der Waals surface area (Å²) in [5.74, 6) is -1.60. The number of benzene rings is 1. The molecule has 0 radical (unpaired) electrons. The molecule has 2 fully saturated rings. The summed E-state index contributed by atoms with van der Waals surface area (Å²) >= 11 is 6.09. The lowest BCUT2D eigenvalue weighted by Gasteiger charge is -2.36. The van der Waals surface area contributed by atoms with Crippen molar-refractivity contribution in [1.82, 2.24) is 10.3 Å². The van der Waals surface area contributed by atoms with E-state index in [9.17, 15) is 14.4 Å². The maximum atomic E-state index is 14.0. The smallest absolute Gasteiger partial charge is 0.328 e. The first kappa shape index (κ1) is 28.0. The Hall–Kier alpha value is -2.97. The van der Waals surface area contributed by atoms with E-state index in [1.165, 1.54) is 5.56 Å². The third kappa shape index (κ3) is 5.86. The Morgan fingerprint density at radius 1 is 1.05 bits per heavy atom. The fraction of sp³-hybridized carbons (Fsp3) is 0.517. The van der Waals surface area contributed by atoms with Gasteiger partial charge in [-0.3, -0.25) is 9.59 Å². The molecule has 1 N–H and O–H groups in total. The van der Waals surface area contributed by atoms with Crippen LogP contribution in [-0.4, -0.2) is 65.7 Å². The van der Waals surface area contributed by atoms with Crippen LogP contribution in [0.25, 0.3) is 0 Å². The predicted molar refractivity (Wildman–Crippen MR) is 143 cm³/mol. The van der Waals surface area contributed by atoms with Crippen molar-refractivity contribution < 1.29 is 28.3 Å². The summed E-state index contributed by atoms with van der Waals surface area (Å²) in [5, 5.41) is 3.36. The van der Waals surface area contributed by atoms with Crippen molar-refractivity contribution in [3.63, 3.8) is 0 Å². The number of pyridine rings is 1. The van der Waals surface area contributed by atoms with Crippen LogP contribution in [0.4, 0.5) is 0 Å². The van der Waals surface area contributed by atoms with Gasteiger partial charge in [-0.25, -0.2) is 9.78 Å². The van der Waals surface area contributed by atoms with Crippen LogP contribution in [0.1, 0.15) is 56.6 Å². The third-order valence-corrected chi connectivity index (χ3v) is 8.35. The van der Waals surface area contributed by atoms with E-state index in [0.717, 1.165) is 29.4 Å². The number of nitrogens with one attached hydrogen (secondary N) is 1. The summed E-state index contributed by atoms with van der Waals surface area (Å²) in [6.07, 6.45) is 3.81. The topological polar surface area (TPSA) is 94.6 Å². The number of carbonyl (C=O) groups is 3. The monoisotopic (exact) mass is 542 g/mol. The molecule has 204 valence electrons. The maximum absolute atomic E-state index is 14.0. The van der Waals surface area contributed by atoms with Crippen LogP contribution in [0, 0.1) is 5.92 Å². The van der Waals surface area contributed by atoms with Crippen molar-refractivity contribution in [2.75, 3.05) is 20.3 Å². The van der Waals surface area contributed by atoms with E-state index in [2.05, 4.69) is 29.5 Å². The van der Waals surface area contributed by atoms with E-state index < -0.39 is 18.0 Å². The molecular formula is C29H37ClN3O5+. The third-order valence-electron chi connectivity index (χ3n) is 8.12. The molecule has 1 aromatic carbocycles. The van der Waals surface area contributed by atoms with Crippen LogP contribution in [0.2, 0.25) is 5.15 Å². The fourth-order valence-electron chi connectivity index (χ4n) is 6.57. The SMILES string of the molecule is CCOC(=O)CCC(NC(=O)[C@H]1[C@H](c2ccc(Cl)nc2)[C@H]2CC[C@@H]1[N+]2(C)Cc1ccccc1)C(=O)OCC. The highest BCUT2D eigenvalue weighted by Gasteiger charge is 2.65. The molecule has 38 heavy (non-hydrogen) atoms. The molecule has 3 heterocycles. The first-order valence-electron chi connectivity index (χ1n) is 13.4. The van der Waals surface area contributed by atoms with Crippen LogP contribution in [0.3, 0.4) is 0 Å². The number of fused-ring (bicyclic) bond motifs is 2. The van der Waals surface area contributed by atoms with Gasteiger partial charge in [-0.05, 0) is 31.9 Å². The van der Waals surface area contributed by atoms with Gasteiger partial charge in [0.2, 0.25) is 5.91 Å². The molecular weight excluding hydrogens is 506 g/mol. The number of likely N-dealkylation sites (N-methyl/N-ethyl adjacent to an activating group) is 1. The summed E-state index contributed by atoms with van der Waals surface area (Å²) in [5.41, 5.74) is 2.19. The summed E-state index contributed by atoms with van der Waals surface area (Å²) < 4.78 is 11.0. The van der Waals surface area contributed by atoms with E-state index >= 15 is 0 Å². The first-order chi connectivity index (χ1) is 18.3. The average Bonchev–Trinajstić information content (AvgIpc) is 3.34. The Bertz CT molecular complexity index is 1130. The van der Waals surface area contributed by atoms with Gasteiger partial charge in [-0.1, -0.05) is 48.0 Å². The molecule has 1 amide bonds. The Morgan fingerprint density at radius 2 is 1.76 bits per heavy atom. The molecule has 6 atom stereocenters. The predicted octanol–water partition coefficient (Wildman–Crippen LogP) is 4.02. The summed E-state index contributed by atoms with van der Waals surface area (Å²) in [7, 11) is 2.24. The molecule has 0 aliphatic carbocycles. The number of rotatable bonds is 11. The maximum Gasteiger partial charge on any atom is 0.328 e. The molecule has 2 aliphatic heterocycles. The number of halogens is 1. The summed E-state index contributed by atoms with van der Waals surface area (Å²) in [4.78, 5) is 43.1. The lowest BCUT2D eigenvalue weighted by molar-refractivity contribution is -0.944. The van der Waals surface area contributed by atoms with Crippen molar-refractivity contribution in [1.29, 1.82) is 0 Å². The second-order valence-corrected chi connectivity index (χ2v) is 10.7. The number of hydrogen-bond donors (Lipinski definition) is 1. The van der Waals surface area contributed by atoms with Gasteiger partial charge in [0.15, 0.2) is 0 Å². The largest absolute Gasteiger partial charge is 0.466 e. The molecule has 2 saturated heterocycles. The van der Waals surface area contributed by atoms with E-state index in [1.807, 2.05) is 24.3 Å². The summed E-state index contributed by atoms with van der Waals surface area (Å²) in [6, 6.07) is 13.4. The van der Waals surface area contributed by atoms with Gasteiger partial charge >= 0.3 is 11.9 Å². The molecule has 0 spiro atoms. The number of carbonyl (C=O) groups excluding carboxylic acids is 3. The van der Waals surface area contributed by atoms with Crippen LogP contribution in [0.15, 0.2) is 48.7 Å². The minimum atomic E-state index is -0.928. The molecule has 2 aromatic rings. The van der Waals surface area contributed by atoms with Crippen LogP contribution in [-0.2, 0) is 30.4 Å². The van der Waals surface area contributed by atoms with Crippen molar-refractivity contribution in [3.8, 4) is 0 Å². The molecule has 2 bridgehead atoms. The van der Waals surface area contributed by atoms with E-state index in [0.29, 0.717) is 5.15 Å². The Morgan fingerprint density at radius 3 is 2.42 bits per heavy atom. The zero-order chi connectivity index (χ0) is 27.3. The molecule has 8 nitrogen and oxygen atoms in total. The van der Waals surface area contributed by atoms with E-state index in [4.69, 9.17) is 21.1 Å². The molecule has 2 unspecified atom stereocenters. The quantitative estimate of drug-likeness (QED) is 0.262. The van der Waals surface area contributed by atoms with Crippen molar-refractivity contribution in [2.45, 2.75) is 70.1 Å². The van der Waals surface area contributed by atoms with Crippen LogP contribution >= 0.6 is 11.6 Å². The number of aromatic nitrogens is 1. The fourth-order valence-corrected chi connectivity index (χ4v) is 6.68. The van der Waals surface area contributed by atoms with Crippen molar-refractivity contribution in [2.24, 2.45) is 5.92 Å². The van der Waals surface area contributed by atoms with Crippen LogP contribution in [0.5, 0.6) is 0 Å². The van der Waals surface area contributed by atoms with Gasteiger partial charge in [-0.15, -0.1) is 0 Å². The zero-order valence-electron chi connectivity index (χ0n) is 22.3. The second-order valence-electron chi connectivity index (χ2n) is 10.3. The van der Waals surface area contributed by atoms with Crippen molar-refractivity contribution in [3.05, 3.63) is 64.9 Å². The average molecular weight is 543 g/mol. The number of nitrogens with zero attached hydrogens (tertiary/aromatic N) is 2. The van der Waals surface area contributed by atoms with E-state index in [1.54, 1.807) is 26.1 Å². The van der Waals surface area contributed by atoms with E-state index in [-0.39, 0.29) is 55.9 Å². The highest BCUT2D eigenvalue weighted by Crippen LogP contribution is 2.55. The molecule has 9 heteroatoms. The molecule has 2 aliphatic rings. The number of amides is 1. The van der Waals surface area contributed by atoms with Gasteiger partial charge in [0, 0.05) is 31.0 Å². The number of hydrogen-bond acceptors (Lipinski definition) is 6. The lowest BCUT2D eigenvalue weighted by Crippen LogP contribution is -2.51. The van der Waals surface area contributed by atoms with Gasteiger partial charge in [-0.2, -0.15) is 0 Å². The Kier molecular flexibility index (Phi) is 9.05. The van der Waals surface area contributed by atoms with Gasteiger partial charge < -0.3 is 19.3 Å². The van der Waals surface area contributed by atoms with Crippen molar-refractivity contribution >= 4 is 29.4 Å². The van der Waals surface area contributed by atoms with Crippen LogP contribution < -0.4 is 5.32 Å². The number of ether oxygens (including phenoxy) is 2. The highest BCUT2D eigenvalue weighted by atomic mass is 35.5. The highest BCUT2D eigenvalue weighted by molar-refractivity contribution is 6.29. The zero-order valence-corrected chi connectivity index (χ0v) is 23.0. The molecule has 0 saturated carbocycles. The Labute approximate surface area is 229 Å². The Balaban J connectivity index is 1.63. The minimum absolute atomic E-state index is 0.0145. The lowest BCUT2D eigenvalue weighted by atomic mass is 9.75. The minimum Gasteiger partial charge on any atom is -0.466 e. The number of quaternary nitrogens is 1. The normalized spacial score (nSPS) is 26.5. The summed E-state index contributed by atoms with van der Waals surface area (Å²) in [6.45, 7) is 4.70. The first-order valence-corrected chi connectivity index (χ1v) is 13.8. The van der Waals surface area contributed by atoms with Gasteiger partial charge in [0.1, 0.15) is 29.7 Å². The molecule has 4 rings (SSSR count). The van der Waals surface area contributed by atoms with Gasteiger partial charge in [0.05, 0.1) is 32.2 Å². The second kappa shape index (κ2) is 12.3. The standard InChI is InChI=1S/C29H36ClN3O5/c1-4-37-25(34)16-12-21(29(36)38-5-2)32-28(35)27-23-14-13-22(26(27)20-11-15-24(30)31-17-20)33(23,3)18-19-9-7-6-8-10-19/h6-11,15,17,21-23,26-27H,4-5,12-14,16,18H2,1-3H3/p+1/t21?,22-,23+,26-,27-,33?/m1/s1. The van der Waals surface area contributed by atoms with Gasteiger partial charge in [0.25, 0.3) is 0 Å².